The molecule has 1 aromatic heterocycles. The molecule has 1 amide bonds. The molecule has 0 radical (unpaired) electrons. The van der Waals surface area contributed by atoms with E-state index in [1.165, 1.54) is 7.11 Å². The number of esters is 1. The maximum atomic E-state index is 12.1. The first-order valence-corrected chi connectivity index (χ1v) is 7.05. The van der Waals surface area contributed by atoms with Crippen molar-refractivity contribution in [1.82, 2.24) is 4.90 Å². The average Bonchev–Trinajstić information content (AvgIpc) is 2.91. The van der Waals surface area contributed by atoms with Gasteiger partial charge in [-0.1, -0.05) is 6.07 Å². The van der Waals surface area contributed by atoms with Gasteiger partial charge in [0.25, 0.3) is 0 Å². The first-order chi connectivity index (χ1) is 9.19. The van der Waals surface area contributed by atoms with Crippen LogP contribution in [0.25, 0.3) is 0 Å². The molecule has 0 spiro atoms. The summed E-state index contributed by atoms with van der Waals surface area (Å²) in [6.45, 7) is 1.51. The van der Waals surface area contributed by atoms with Crippen LogP contribution in [0.2, 0.25) is 0 Å². The van der Waals surface area contributed by atoms with Crippen LogP contribution in [0.1, 0.15) is 11.3 Å². The molecule has 0 saturated carbocycles. The van der Waals surface area contributed by atoms with Crippen LogP contribution in [0.3, 0.4) is 0 Å². The molecule has 5 nitrogen and oxygen atoms in total. The lowest BCUT2D eigenvalue weighted by Crippen LogP contribution is -2.46. The van der Waals surface area contributed by atoms with E-state index in [0.717, 1.165) is 4.88 Å². The molecular weight excluding hydrogens is 266 g/mol. The van der Waals surface area contributed by atoms with E-state index in [1.807, 2.05) is 17.5 Å². The number of carbonyl (C=O) groups excluding carboxylic acids is 2. The van der Waals surface area contributed by atoms with E-state index in [4.69, 9.17) is 4.74 Å². The Hall–Kier alpha value is -1.40. The van der Waals surface area contributed by atoms with Gasteiger partial charge >= 0.3 is 5.97 Å². The third-order valence-electron chi connectivity index (χ3n) is 3.02. The van der Waals surface area contributed by atoms with Crippen molar-refractivity contribution in [1.29, 1.82) is 0 Å². The van der Waals surface area contributed by atoms with Crippen LogP contribution in [-0.4, -0.2) is 49.7 Å². The molecule has 1 aromatic rings. The van der Waals surface area contributed by atoms with Gasteiger partial charge in [0.2, 0.25) is 5.91 Å². The van der Waals surface area contributed by atoms with Crippen molar-refractivity contribution < 1.29 is 19.1 Å². The summed E-state index contributed by atoms with van der Waals surface area (Å²) in [6.07, 6.45) is 0.357. The van der Waals surface area contributed by atoms with E-state index in [2.05, 4.69) is 4.74 Å². The molecule has 1 aliphatic rings. The van der Waals surface area contributed by atoms with Gasteiger partial charge in [-0.2, -0.15) is 0 Å². The van der Waals surface area contributed by atoms with Crippen molar-refractivity contribution in [2.75, 3.05) is 26.8 Å². The molecule has 0 aliphatic carbocycles. The zero-order chi connectivity index (χ0) is 13.7. The van der Waals surface area contributed by atoms with Crippen molar-refractivity contribution in [3.8, 4) is 0 Å². The fraction of sp³-hybridized carbons (Fsp3) is 0.538. The molecule has 0 bridgehead atoms. The summed E-state index contributed by atoms with van der Waals surface area (Å²) in [4.78, 5) is 26.2. The van der Waals surface area contributed by atoms with Gasteiger partial charge in [0, 0.05) is 18.0 Å². The first kappa shape index (κ1) is 14.0. The number of thiophene rings is 1. The Labute approximate surface area is 116 Å². The largest absolute Gasteiger partial charge is 0.469 e. The summed E-state index contributed by atoms with van der Waals surface area (Å²) >= 11 is 1.58. The third kappa shape index (κ3) is 4.04. The van der Waals surface area contributed by atoms with Gasteiger partial charge in [0.15, 0.2) is 0 Å². The van der Waals surface area contributed by atoms with Crippen molar-refractivity contribution in [2.24, 2.45) is 0 Å². The molecule has 1 saturated heterocycles. The number of hydrogen-bond donors (Lipinski definition) is 0. The number of nitrogens with zero attached hydrogens (tertiary/aromatic N) is 1. The van der Waals surface area contributed by atoms with E-state index in [-0.39, 0.29) is 24.4 Å². The highest BCUT2D eigenvalue weighted by Gasteiger charge is 2.26. The SMILES string of the molecule is COC(=O)CC1CN(C(=O)Cc2cccs2)CCO1. The molecule has 2 heterocycles. The normalized spacial score (nSPS) is 19.2. The molecule has 6 heteroatoms. The maximum absolute atomic E-state index is 12.1. The zero-order valence-corrected chi connectivity index (χ0v) is 11.6. The summed E-state index contributed by atoms with van der Waals surface area (Å²) in [7, 11) is 1.35. The van der Waals surface area contributed by atoms with Crippen LogP contribution in [0.4, 0.5) is 0 Å². The Kier molecular flexibility index (Phi) is 4.93. The topological polar surface area (TPSA) is 55.8 Å². The highest BCUT2D eigenvalue weighted by molar-refractivity contribution is 7.10. The number of rotatable bonds is 4. The van der Waals surface area contributed by atoms with Gasteiger partial charge in [0.05, 0.1) is 32.7 Å². The predicted octanol–water partition coefficient (Wildman–Crippen LogP) is 1.08. The van der Waals surface area contributed by atoms with Crippen LogP contribution < -0.4 is 0 Å². The van der Waals surface area contributed by atoms with Crippen LogP contribution in [0.15, 0.2) is 17.5 Å². The quantitative estimate of drug-likeness (QED) is 0.776. The van der Waals surface area contributed by atoms with Gasteiger partial charge in [0.1, 0.15) is 0 Å². The molecular formula is C13H17NO4S. The molecule has 1 unspecified atom stereocenters. The third-order valence-corrected chi connectivity index (χ3v) is 3.90. The lowest BCUT2D eigenvalue weighted by Gasteiger charge is -2.32. The fourth-order valence-corrected chi connectivity index (χ4v) is 2.71. The van der Waals surface area contributed by atoms with Crippen molar-refractivity contribution in [3.05, 3.63) is 22.4 Å². The van der Waals surface area contributed by atoms with Gasteiger partial charge in [-0.25, -0.2) is 0 Å². The Morgan fingerprint density at radius 3 is 3.11 bits per heavy atom. The minimum Gasteiger partial charge on any atom is -0.469 e. The number of ether oxygens (including phenoxy) is 2. The van der Waals surface area contributed by atoms with E-state index in [0.29, 0.717) is 26.1 Å². The summed E-state index contributed by atoms with van der Waals surface area (Å²) in [5.74, 6) is -0.224. The number of hydrogen-bond acceptors (Lipinski definition) is 5. The van der Waals surface area contributed by atoms with Gasteiger partial charge in [-0.05, 0) is 11.4 Å². The second kappa shape index (κ2) is 6.68. The van der Waals surface area contributed by atoms with Crippen molar-refractivity contribution >= 4 is 23.2 Å². The Balaban J connectivity index is 1.86. The summed E-state index contributed by atoms with van der Waals surface area (Å²) in [6, 6.07) is 3.89. The zero-order valence-electron chi connectivity index (χ0n) is 10.8. The molecule has 2 rings (SSSR count). The average molecular weight is 283 g/mol. The molecule has 104 valence electrons. The van der Waals surface area contributed by atoms with Crippen LogP contribution in [0.5, 0.6) is 0 Å². The minimum atomic E-state index is -0.308. The van der Waals surface area contributed by atoms with Crippen molar-refractivity contribution in [2.45, 2.75) is 18.9 Å². The summed E-state index contributed by atoms with van der Waals surface area (Å²) in [5.41, 5.74) is 0. The monoisotopic (exact) mass is 283 g/mol. The predicted molar refractivity (Wildman–Crippen MR) is 71.0 cm³/mol. The Bertz CT molecular complexity index is 432. The molecule has 0 aromatic carbocycles. The smallest absolute Gasteiger partial charge is 0.308 e. The lowest BCUT2D eigenvalue weighted by molar-refractivity contribution is -0.149. The summed E-state index contributed by atoms with van der Waals surface area (Å²) in [5, 5.41) is 1.96. The second-order valence-corrected chi connectivity index (χ2v) is 5.40. The molecule has 19 heavy (non-hydrogen) atoms. The van der Waals surface area contributed by atoms with Crippen molar-refractivity contribution in [3.63, 3.8) is 0 Å². The van der Waals surface area contributed by atoms with Crippen LogP contribution in [-0.2, 0) is 25.5 Å². The molecule has 1 fully saturated rings. The van der Waals surface area contributed by atoms with Gasteiger partial charge < -0.3 is 14.4 Å². The molecule has 0 N–H and O–H groups in total. The van der Waals surface area contributed by atoms with E-state index in [9.17, 15) is 9.59 Å². The maximum Gasteiger partial charge on any atom is 0.308 e. The minimum absolute atomic E-state index is 0.0839. The van der Waals surface area contributed by atoms with Crippen LogP contribution in [0, 0.1) is 0 Å². The summed E-state index contributed by atoms with van der Waals surface area (Å²) < 4.78 is 10.1. The Morgan fingerprint density at radius 2 is 2.42 bits per heavy atom. The lowest BCUT2D eigenvalue weighted by atomic mass is 10.2. The number of amides is 1. The molecule has 1 atom stereocenters. The highest BCUT2D eigenvalue weighted by atomic mass is 32.1. The first-order valence-electron chi connectivity index (χ1n) is 6.17. The standard InChI is InChI=1S/C13H17NO4S/c1-17-13(16)7-10-9-14(4-5-18-10)12(15)8-11-3-2-6-19-11/h2-3,6,10H,4-5,7-9H2,1H3. The van der Waals surface area contributed by atoms with E-state index >= 15 is 0 Å². The number of methoxy groups -OCH3 is 1. The van der Waals surface area contributed by atoms with Crippen LogP contribution >= 0.6 is 11.3 Å². The fourth-order valence-electron chi connectivity index (χ4n) is 2.01. The van der Waals surface area contributed by atoms with E-state index < -0.39 is 0 Å². The van der Waals surface area contributed by atoms with Gasteiger partial charge in [-0.3, -0.25) is 9.59 Å². The molecule has 1 aliphatic heterocycles. The second-order valence-electron chi connectivity index (χ2n) is 4.37. The highest BCUT2D eigenvalue weighted by Crippen LogP contribution is 2.14. The number of carbonyl (C=O) groups is 2. The van der Waals surface area contributed by atoms with E-state index in [1.54, 1.807) is 16.2 Å². The Morgan fingerprint density at radius 1 is 1.58 bits per heavy atom. The number of morpholine rings is 1. The van der Waals surface area contributed by atoms with Gasteiger partial charge in [-0.15, -0.1) is 11.3 Å².